The van der Waals surface area contributed by atoms with E-state index in [0.717, 1.165) is 24.8 Å². The van der Waals surface area contributed by atoms with E-state index >= 15 is 0 Å². The summed E-state index contributed by atoms with van der Waals surface area (Å²) >= 11 is 0. The number of hydrogen-bond donors (Lipinski definition) is 2. The zero-order valence-corrected chi connectivity index (χ0v) is 18.2. The van der Waals surface area contributed by atoms with Crippen LogP contribution in [0.4, 0.5) is 0 Å². The summed E-state index contributed by atoms with van der Waals surface area (Å²) in [5, 5.41) is 9.46. The number of aromatic hydroxyl groups is 1. The van der Waals surface area contributed by atoms with Crippen LogP contribution in [-0.4, -0.2) is 53.3 Å². The quantitative estimate of drug-likeness (QED) is 0.743. The van der Waals surface area contributed by atoms with Crippen LogP contribution in [0.5, 0.6) is 5.75 Å². The number of nitrogens with zero attached hydrogens (tertiary/aromatic N) is 1. The summed E-state index contributed by atoms with van der Waals surface area (Å²) in [5.41, 5.74) is 7.33. The molecule has 2 bridgehead atoms. The van der Waals surface area contributed by atoms with Crippen molar-refractivity contribution in [1.82, 2.24) is 4.90 Å². The van der Waals surface area contributed by atoms with Gasteiger partial charge >= 0.3 is 7.12 Å². The van der Waals surface area contributed by atoms with E-state index in [9.17, 15) is 9.90 Å². The minimum absolute atomic E-state index is 0.0394. The Morgan fingerprint density at radius 1 is 1.33 bits per heavy atom. The summed E-state index contributed by atoms with van der Waals surface area (Å²) in [5.74, 6) is 1.35. The zero-order valence-electron chi connectivity index (χ0n) is 18.2. The van der Waals surface area contributed by atoms with Crippen LogP contribution in [0.3, 0.4) is 0 Å². The van der Waals surface area contributed by atoms with E-state index in [0.29, 0.717) is 30.2 Å². The maximum atomic E-state index is 13.2. The predicted octanol–water partition coefficient (Wildman–Crippen LogP) is 2.52. The Balaban J connectivity index is 1.27. The number of carbonyl (C=O) groups is 1. The summed E-state index contributed by atoms with van der Waals surface area (Å²) in [6, 6.07) is 6.26. The summed E-state index contributed by atoms with van der Waals surface area (Å²) in [7, 11) is -0.359. The molecule has 0 radical (unpaired) electrons. The number of amides is 1. The minimum Gasteiger partial charge on any atom is -0.508 e. The van der Waals surface area contributed by atoms with Crippen molar-refractivity contribution in [1.29, 1.82) is 0 Å². The van der Waals surface area contributed by atoms with Crippen molar-refractivity contribution in [2.75, 3.05) is 6.54 Å². The average Bonchev–Trinajstić information content (AvgIpc) is 3.32. The molecule has 0 unspecified atom stereocenters. The van der Waals surface area contributed by atoms with Crippen LogP contribution in [0.2, 0.25) is 0 Å². The number of phenols is 1. The zero-order chi connectivity index (χ0) is 21.3. The summed E-state index contributed by atoms with van der Waals surface area (Å²) < 4.78 is 13.1. The molecule has 6 nitrogen and oxygen atoms in total. The van der Waals surface area contributed by atoms with Gasteiger partial charge in [0.05, 0.1) is 23.7 Å². The Morgan fingerprint density at radius 3 is 2.77 bits per heavy atom. The van der Waals surface area contributed by atoms with E-state index in [1.165, 1.54) is 6.42 Å². The SMILES string of the molecule is CC1(C)[C@@H]2C[C@H]1[C@H]1OB([C@@H]3CCCN3C(=O)[C@@H](N)Cc3ccc(O)cc3)O[C@@]1(C)C2. The van der Waals surface area contributed by atoms with Gasteiger partial charge in [-0.05, 0) is 74.0 Å². The molecule has 0 spiro atoms. The summed E-state index contributed by atoms with van der Waals surface area (Å²) in [6.45, 7) is 7.62. The third-order valence-corrected chi connectivity index (χ3v) is 8.44. The highest BCUT2D eigenvalue weighted by molar-refractivity contribution is 6.48. The smallest absolute Gasteiger partial charge is 0.481 e. The number of carbonyl (C=O) groups excluding carboxylic acids is 1. The molecule has 5 fully saturated rings. The molecule has 0 aromatic heterocycles. The number of rotatable bonds is 4. The second-order valence-electron chi connectivity index (χ2n) is 10.6. The van der Waals surface area contributed by atoms with Crippen molar-refractivity contribution in [2.24, 2.45) is 23.0 Å². The van der Waals surface area contributed by atoms with Gasteiger partial charge < -0.3 is 25.0 Å². The van der Waals surface area contributed by atoms with Gasteiger partial charge in [0, 0.05) is 6.54 Å². The van der Waals surface area contributed by atoms with Crippen molar-refractivity contribution in [3.05, 3.63) is 29.8 Å². The van der Waals surface area contributed by atoms with Crippen LogP contribution in [0.25, 0.3) is 0 Å². The molecule has 7 heteroatoms. The second-order valence-corrected chi connectivity index (χ2v) is 10.6. The lowest BCUT2D eigenvalue weighted by molar-refractivity contribution is -0.185. The minimum atomic E-state index is -0.610. The molecule has 3 aliphatic carbocycles. The highest BCUT2D eigenvalue weighted by atomic mass is 16.7. The Labute approximate surface area is 179 Å². The van der Waals surface area contributed by atoms with E-state index in [1.54, 1.807) is 12.1 Å². The topological polar surface area (TPSA) is 85.0 Å². The fourth-order valence-electron chi connectivity index (χ4n) is 6.44. The van der Waals surface area contributed by atoms with E-state index in [4.69, 9.17) is 15.0 Å². The van der Waals surface area contributed by atoms with E-state index < -0.39 is 6.04 Å². The highest BCUT2D eigenvalue weighted by Crippen LogP contribution is 2.64. The lowest BCUT2D eigenvalue weighted by atomic mass is 9.45. The first-order chi connectivity index (χ1) is 14.2. The van der Waals surface area contributed by atoms with E-state index in [2.05, 4.69) is 20.8 Å². The molecule has 162 valence electrons. The van der Waals surface area contributed by atoms with Crippen LogP contribution in [0.1, 0.15) is 52.0 Å². The molecule has 3 saturated carbocycles. The van der Waals surface area contributed by atoms with Crippen LogP contribution in [0, 0.1) is 17.3 Å². The van der Waals surface area contributed by atoms with Crippen LogP contribution in [0.15, 0.2) is 24.3 Å². The van der Waals surface area contributed by atoms with Gasteiger partial charge in [0.25, 0.3) is 0 Å². The molecule has 5 aliphatic rings. The molecule has 2 heterocycles. The van der Waals surface area contributed by atoms with Crippen molar-refractivity contribution in [3.8, 4) is 5.75 Å². The molecule has 6 rings (SSSR count). The molecule has 30 heavy (non-hydrogen) atoms. The van der Waals surface area contributed by atoms with Crippen molar-refractivity contribution < 1.29 is 19.2 Å². The van der Waals surface area contributed by atoms with Gasteiger partial charge in [-0.3, -0.25) is 4.79 Å². The second kappa shape index (κ2) is 6.97. The monoisotopic (exact) mass is 412 g/mol. The first kappa shape index (κ1) is 20.3. The molecule has 1 aromatic carbocycles. The average molecular weight is 412 g/mol. The highest BCUT2D eigenvalue weighted by Gasteiger charge is 2.67. The van der Waals surface area contributed by atoms with Gasteiger partial charge in [-0.15, -0.1) is 0 Å². The molecule has 2 aliphatic heterocycles. The third kappa shape index (κ3) is 3.09. The Bertz CT molecular complexity index is 831. The largest absolute Gasteiger partial charge is 0.508 e. The number of likely N-dealkylation sites (tertiary alicyclic amines) is 1. The van der Waals surface area contributed by atoms with Gasteiger partial charge in [0.2, 0.25) is 5.91 Å². The maximum absolute atomic E-state index is 13.2. The molecule has 6 atom stereocenters. The van der Waals surface area contributed by atoms with E-state index in [-0.39, 0.29) is 36.4 Å². The van der Waals surface area contributed by atoms with Crippen LogP contribution in [-0.2, 0) is 20.5 Å². The molecule has 1 amide bonds. The normalized spacial score (nSPS) is 37.6. The van der Waals surface area contributed by atoms with Gasteiger partial charge in [0.15, 0.2) is 0 Å². The molecular weight excluding hydrogens is 379 g/mol. The first-order valence-corrected chi connectivity index (χ1v) is 11.4. The van der Waals surface area contributed by atoms with Gasteiger partial charge in [-0.25, -0.2) is 0 Å². The summed E-state index contributed by atoms with van der Waals surface area (Å²) in [6.07, 6.45) is 4.68. The van der Waals surface area contributed by atoms with Crippen LogP contribution < -0.4 is 5.73 Å². The van der Waals surface area contributed by atoms with Crippen molar-refractivity contribution >= 4 is 13.0 Å². The predicted molar refractivity (Wildman–Crippen MR) is 115 cm³/mol. The number of phenolic OH excluding ortho intramolecular Hbond substituents is 1. The summed E-state index contributed by atoms with van der Waals surface area (Å²) in [4.78, 5) is 15.1. The van der Waals surface area contributed by atoms with Crippen molar-refractivity contribution in [3.63, 3.8) is 0 Å². The van der Waals surface area contributed by atoms with E-state index in [1.807, 2.05) is 17.0 Å². The first-order valence-electron chi connectivity index (χ1n) is 11.4. The molecule has 3 N–H and O–H groups in total. The van der Waals surface area contributed by atoms with Crippen LogP contribution >= 0.6 is 0 Å². The van der Waals surface area contributed by atoms with Gasteiger partial charge in [-0.1, -0.05) is 26.0 Å². The maximum Gasteiger partial charge on any atom is 0.481 e. The molecular formula is C23H33BN2O4. The van der Waals surface area contributed by atoms with Gasteiger partial charge in [0.1, 0.15) is 5.75 Å². The standard InChI is InChI=1S/C23H33BN2O4/c1-22(2)15-12-17(22)20-23(3,13-15)30-24(29-20)19-5-4-10-26(19)21(28)18(25)11-14-6-8-16(27)9-7-14/h6-9,15,17-20,27H,4-5,10-13,25H2,1-3H3/t15-,17+,18+,19+,20-,23+/m1/s1. The Hall–Kier alpha value is -1.57. The fraction of sp³-hybridized carbons (Fsp3) is 0.696. The lowest BCUT2D eigenvalue weighted by Gasteiger charge is -2.63. The number of nitrogens with two attached hydrogens (primary N) is 1. The lowest BCUT2D eigenvalue weighted by Crippen LogP contribution is -2.63. The number of hydrogen-bond acceptors (Lipinski definition) is 5. The third-order valence-electron chi connectivity index (χ3n) is 8.44. The molecule has 1 aromatic rings. The Kier molecular flexibility index (Phi) is 4.73. The molecule has 2 saturated heterocycles. The van der Waals surface area contributed by atoms with Gasteiger partial charge in [-0.2, -0.15) is 0 Å². The Morgan fingerprint density at radius 2 is 2.07 bits per heavy atom. The fourth-order valence-corrected chi connectivity index (χ4v) is 6.44. The van der Waals surface area contributed by atoms with Crippen molar-refractivity contribution in [2.45, 2.75) is 76.6 Å². The number of benzene rings is 1.